The monoisotopic (exact) mass is 395 g/mol. The summed E-state index contributed by atoms with van der Waals surface area (Å²) in [5, 5.41) is 21.7. The molecule has 2 heterocycles. The number of hydrogen-bond acceptors (Lipinski definition) is 4. The average molecular weight is 396 g/mol. The van der Waals surface area contributed by atoms with Crippen molar-refractivity contribution in [2.75, 3.05) is 13.1 Å². The summed E-state index contributed by atoms with van der Waals surface area (Å²) < 4.78 is 7.28. The van der Waals surface area contributed by atoms with Gasteiger partial charge >= 0.3 is 0 Å². The van der Waals surface area contributed by atoms with Gasteiger partial charge in [-0.05, 0) is 52.0 Å². The Morgan fingerprint density at radius 3 is 2.59 bits per heavy atom. The predicted octanol–water partition coefficient (Wildman–Crippen LogP) is 3.04. The van der Waals surface area contributed by atoms with Crippen LogP contribution in [-0.4, -0.2) is 33.9 Å². The number of aryl methyl sites for hydroxylation is 1. The van der Waals surface area contributed by atoms with E-state index < -0.39 is 5.60 Å². The quantitative estimate of drug-likeness (QED) is 0.423. The molecule has 154 valence electrons. The zero-order chi connectivity index (χ0) is 20.9. The summed E-state index contributed by atoms with van der Waals surface area (Å²) in [6.07, 6.45) is 1.55. The van der Waals surface area contributed by atoms with E-state index in [0.29, 0.717) is 18.3 Å². The van der Waals surface area contributed by atoms with Gasteiger partial charge in [0.15, 0.2) is 5.96 Å². The summed E-state index contributed by atoms with van der Waals surface area (Å²) in [6, 6.07) is 13.6. The summed E-state index contributed by atoms with van der Waals surface area (Å²) >= 11 is 0. The van der Waals surface area contributed by atoms with Gasteiger partial charge in [0.05, 0.1) is 30.7 Å². The number of rotatable bonds is 7. The van der Waals surface area contributed by atoms with Crippen LogP contribution in [0, 0.1) is 13.8 Å². The second-order valence-corrected chi connectivity index (χ2v) is 7.20. The van der Waals surface area contributed by atoms with Crippen LogP contribution in [0.25, 0.3) is 5.69 Å². The molecule has 0 saturated carbocycles. The van der Waals surface area contributed by atoms with Gasteiger partial charge in [-0.15, -0.1) is 0 Å². The van der Waals surface area contributed by atoms with Gasteiger partial charge in [-0.1, -0.05) is 18.2 Å². The molecule has 0 radical (unpaired) electrons. The van der Waals surface area contributed by atoms with Crippen LogP contribution in [0.4, 0.5) is 0 Å². The van der Waals surface area contributed by atoms with Crippen molar-refractivity contribution in [3.63, 3.8) is 0 Å². The molecule has 0 aliphatic carbocycles. The van der Waals surface area contributed by atoms with E-state index in [4.69, 9.17) is 9.41 Å². The van der Waals surface area contributed by atoms with Crippen molar-refractivity contribution < 1.29 is 9.52 Å². The molecule has 3 N–H and O–H groups in total. The molecule has 0 aliphatic rings. The normalized spacial score (nSPS) is 13.9. The van der Waals surface area contributed by atoms with Gasteiger partial charge in [0.2, 0.25) is 0 Å². The van der Waals surface area contributed by atoms with E-state index in [0.717, 1.165) is 29.2 Å². The molecule has 0 aliphatic heterocycles. The molecule has 3 aromatic rings. The summed E-state index contributed by atoms with van der Waals surface area (Å²) in [5.74, 6) is 1.14. The van der Waals surface area contributed by atoms with Crippen molar-refractivity contribution in [2.24, 2.45) is 4.99 Å². The summed E-state index contributed by atoms with van der Waals surface area (Å²) in [4.78, 5) is 4.70. The minimum absolute atomic E-state index is 0.271. The molecule has 0 spiro atoms. The number of aromatic nitrogens is 2. The molecule has 7 heteroatoms. The van der Waals surface area contributed by atoms with E-state index in [1.165, 1.54) is 0 Å². The number of nitrogens with one attached hydrogen (secondary N) is 2. The van der Waals surface area contributed by atoms with Crippen molar-refractivity contribution in [3.05, 3.63) is 71.4 Å². The largest absolute Gasteiger partial charge is 0.466 e. The van der Waals surface area contributed by atoms with E-state index >= 15 is 0 Å². The van der Waals surface area contributed by atoms with Crippen LogP contribution in [0.3, 0.4) is 0 Å². The smallest absolute Gasteiger partial charge is 0.191 e. The van der Waals surface area contributed by atoms with E-state index in [9.17, 15) is 5.11 Å². The molecular formula is C22H29N5O2. The predicted molar refractivity (Wildman–Crippen MR) is 114 cm³/mol. The van der Waals surface area contributed by atoms with Crippen molar-refractivity contribution in [1.29, 1.82) is 0 Å². The minimum atomic E-state index is -1.14. The van der Waals surface area contributed by atoms with Crippen LogP contribution >= 0.6 is 0 Å². The number of furan rings is 1. The number of para-hydroxylation sites is 1. The average Bonchev–Trinajstić information content (AvgIpc) is 3.35. The molecular weight excluding hydrogens is 366 g/mol. The first-order chi connectivity index (χ1) is 13.9. The Morgan fingerprint density at radius 2 is 1.93 bits per heavy atom. The van der Waals surface area contributed by atoms with Crippen molar-refractivity contribution in [1.82, 2.24) is 20.4 Å². The molecule has 2 aromatic heterocycles. The Hall–Kier alpha value is -3.06. The van der Waals surface area contributed by atoms with Crippen LogP contribution < -0.4 is 10.6 Å². The highest BCUT2D eigenvalue weighted by Crippen LogP contribution is 2.20. The number of aliphatic hydroxyl groups is 1. The number of benzene rings is 1. The maximum absolute atomic E-state index is 10.6. The molecule has 0 fully saturated rings. The topological polar surface area (TPSA) is 87.6 Å². The third-order valence-corrected chi connectivity index (χ3v) is 4.83. The summed E-state index contributed by atoms with van der Waals surface area (Å²) in [5.41, 5.74) is 3.00. The van der Waals surface area contributed by atoms with Crippen LogP contribution in [0.2, 0.25) is 0 Å². The van der Waals surface area contributed by atoms with E-state index in [2.05, 4.69) is 22.7 Å². The third kappa shape index (κ3) is 4.86. The fourth-order valence-electron chi connectivity index (χ4n) is 3.15. The van der Waals surface area contributed by atoms with Gasteiger partial charge in [-0.2, -0.15) is 5.10 Å². The molecule has 29 heavy (non-hydrogen) atoms. The lowest BCUT2D eigenvalue weighted by Gasteiger charge is -2.22. The van der Waals surface area contributed by atoms with E-state index in [1.54, 1.807) is 25.3 Å². The Morgan fingerprint density at radius 1 is 1.17 bits per heavy atom. The lowest BCUT2D eigenvalue weighted by atomic mass is 10.0. The number of guanidine groups is 1. The van der Waals surface area contributed by atoms with Gasteiger partial charge in [0.25, 0.3) is 0 Å². The second-order valence-electron chi connectivity index (χ2n) is 7.20. The van der Waals surface area contributed by atoms with Gasteiger partial charge in [0.1, 0.15) is 11.4 Å². The van der Waals surface area contributed by atoms with Crippen molar-refractivity contribution in [3.8, 4) is 5.69 Å². The molecule has 0 bridgehead atoms. The third-order valence-electron chi connectivity index (χ3n) is 4.83. The Labute approximate surface area is 171 Å². The van der Waals surface area contributed by atoms with E-state index in [-0.39, 0.29) is 6.54 Å². The molecule has 7 nitrogen and oxygen atoms in total. The first-order valence-electron chi connectivity index (χ1n) is 9.81. The van der Waals surface area contributed by atoms with Crippen LogP contribution in [0.1, 0.15) is 36.6 Å². The van der Waals surface area contributed by atoms with Crippen LogP contribution in [-0.2, 0) is 12.1 Å². The second kappa shape index (κ2) is 8.96. The molecule has 0 saturated heterocycles. The lowest BCUT2D eigenvalue weighted by molar-refractivity contribution is 0.0386. The SMILES string of the molecule is CCNC(=NCc1c(C)nn(-c2ccccc2)c1C)NCC(C)(O)c1ccco1. The standard InChI is InChI=1S/C22H29N5O2/c1-5-23-21(25-15-22(4,28)20-12-9-13-29-20)24-14-19-16(2)26-27(17(19)3)18-10-7-6-8-11-18/h6-13,28H,5,14-15H2,1-4H3,(H2,23,24,25). The molecule has 3 rings (SSSR count). The Bertz CT molecular complexity index is 943. The maximum Gasteiger partial charge on any atom is 0.191 e. The van der Waals surface area contributed by atoms with Crippen LogP contribution in [0.15, 0.2) is 58.1 Å². The van der Waals surface area contributed by atoms with Crippen LogP contribution in [0.5, 0.6) is 0 Å². The first-order valence-corrected chi connectivity index (χ1v) is 9.81. The summed E-state index contributed by atoms with van der Waals surface area (Å²) in [7, 11) is 0. The Balaban J connectivity index is 1.74. The zero-order valence-corrected chi connectivity index (χ0v) is 17.4. The highest BCUT2D eigenvalue weighted by molar-refractivity contribution is 5.79. The molecule has 0 amide bonds. The maximum atomic E-state index is 10.6. The number of hydrogen-bond donors (Lipinski definition) is 3. The van der Waals surface area contributed by atoms with Crippen molar-refractivity contribution >= 4 is 5.96 Å². The number of nitrogens with zero attached hydrogens (tertiary/aromatic N) is 3. The zero-order valence-electron chi connectivity index (χ0n) is 17.4. The van der Waals surface area contributed by atoms with E-state index in [1.807, 2.05) is 48.9 Å². The first kappa shape index (κ1) is 20.7. The summed E-state index contributed by atoms with van der Waals surface area (Å²) in [6.45, 7) is 9.25. The fraction of sp³-hybridized carbons (Fsp3) is 0.364. The lowest BCUT2D eigenvalue weighted by Crippen LogP contribution is -2.44. The van der Waals surface area contributed by atoms with Gasteiger partial charge in [0, 0.05) is 17.8 Å². The van der Waals surface area contributed by atoms with Gasteiger partial charge < -0.3 is 20.2 Å². The highest BCUT2D eigenvalue weighted by Gasteiger charge is 2.26. The Kier molecular flexibility index (Phi) is 6.39. The molecule has 1 unspecified atom stereocenters. The highest BCUT2D eigenvalue weighted by atomic mass is 16.4. The van der Waals surface area contributed by atoms with Gasteiger partial charge in [-0.3, -0.25) is 0 Å². The van der Waals surface area contributed by atoms with Gasteiger partial charge in [-0.25, -0.2) is 9.67 Å². The minimum Gasteiger partial charge on any atom is -0.466 e. The molecule has 1 atom stereocenters. The number of aliphatic imine (C=N–C) groups is 1. The molecule has 1 aromatic carbocycles. The fourth-order valence-corrected chi connectivity index (χ4v) is 3.15. The van der Waals surface area contributed by atoms with Crippen molar-refractivity contribution in [2.45, 2.75) is 39.8 Å².